The minimum Gasteiger partial charge on any atom is -0.493 e. The van der Waals surface area contributed by atoms with Crippen LogP contribution in [0.5, 0.6) is 5.75 Å². The predicted molar refractivity (Wildman–Crippen MR) is 90.1 cm³/mol. The Balaban J connectivity index is 1.76. The first-order chi connectivity index (χ1) is 10.6. The normalized spacial score (nSPS) is 10.3. The summed E-state index contributed by atoms with van der Waals surface area (Å²) < 4.78 is 5.68. The van der Waals surface area contributed by atoms with Crippen molar-refractivity contribution in [1.29, 1.82) is 0 Å². The second-order valence-electron chi connectivity index (χ2n) is 5.29. The molecule has 0 aliphatic rings. The molecular formula is C18H22N2O2. The van der Waals surface area contributed by atoms with Crippen LogP contribution in [0.1, 0.15) is 24.0 Å². The van der Waals surface area contributed by atoms with Gasteiger partial charge in [-0.1, -0.05) is 24.3 Å². The number of benzene rings is 2. The zero-order chi connectivity index (χ0) is 15.9. The van der Waals surface area contributed by atoms with Gasteiger partial charge in [0.1, 0.15) is 5.75 Å². The molecule has 0 saturated carbocycles. The molecule has 0 aromatic heterocycles. The molecule has 0 heterocycles. The Hall–Kier alpha value is -2.49. The van der Waals surface area contributed by atoms with Gasteiger partial charge >= 0.3 is 0 Å². The number of hydrogen-bond acceptors (Lipinski definition) is 3. The smallest absolute Gasteiger partial charge is 0.224 e. The van der Waals surface area contributed by atoms with Crippen LogP contribution in [0.4, 0.5) is 11.4 Å². The number of nitrogens with two attached hydrogens (primary N) is 1. The number of aryl methyl sites for hydroxylation is 1. The molecule has 2 aromatic carbocycles. The number of anilines is 2. The summed E-state index contributed by atoms with van der Waals surface area (Å²) in [6.07, 6.45) is 1.08. The standard InChI is InChI=1S/C18H22N2O2/c1-13-7-3-4-10-17(13)22-12-6-11-18(21)20-16-9-5-8-15(19)14(16)2/h3-5,7-10H,6,11-12,19H2,1-2H3,(H,20,21). The third-order valence-corrected chi connectivity index (χ3v) is 3.55. The molecule has 3 N–H and O–H groups in total. The van der Waals surface area contributed by atoms with Gasteiger partial charge in [-0.25, -0.2) is 0 Å². The second kappa shape index (κ2) is 7.50. The van der Waals surface area contributed by atoms with E-state index in [4.69, 9.17) is 10.5 Å². The van der Waals surface area contributed by atoms with Crippen LogP contribution < -0.4 is 15.8 Å². The Kier molecular flexibility index (Phi) is 5.42. The number of ether oxygens (including phenoxy) is 1. The van der Waals surface area contributed by atoms with Gasteiger partial charge in [0.15, 0.2) is 0 Å². The van der Waals surface area contributed by atoms with Gasteiger partial charge in [-0.2, -0.15) is 0 Å². The first-order valence-corrected chi connectivity index (χ1v) is 7.41. The van der Waals surface area contributed by atoms with E-state index in [-0.39, 0.29) is 5.91 Å². The van der Waals surface area contributed by atoms with Crippen LogP contribution in [0.3, 0.4) is 0 Å². The molecule has 4 nitrogen and oxygen atoms in total. The van der Waals surface area contributed by atoms with Gasteiger partial charge in [-0.05, 0) is 49.6 Å². The van der Waals surface area contributed by atoms with Gasteiger partial charge in [0.2, 0.25) is 5.91 Å². The quantitative estimate of drug-likeness (QED) is 0.631. The van der Waals surface area contributed by atoms with Crippen molar-refractivity contribution in [2.75, 3.05) is 17.7 Å². The van der Waals surface area contributed by atoms with E-state index in [1.807, 2.05) is 56.3 Å². The van der Waals surface area contributed by atoms with E-state index >= 15 is 0 Å². The molecule has 0 aliphatic carbocycles. The van der Waals surface area contributed by atoms with Gasteiger partial charge in [0, 0.05) is 17.8 Å². The zero-order valence-electron chi connectivity index (χ0n) is 13.1. The number of nitrogens with one attached hydrogen (secondary N) is 1. The molecule has 0 atom stereocenters. The molecule has 0 aliphatic heterocycles. The van der Waals surface area contributed by atoms with Crippen molar-refractivity contribution in [3.8, 4) is 5.75 Å². The number of nitrogen functional groups attached to an aromatic ring is 1. The third-order valence-electron chi connectivity index (χ3n) is 3.55. The first-order valence-electron chi connectivity index (χ1n) is 7.41. The lowest BCUT2D eigenvalue weighted by atomic mass is 10.1. The Morgan fingerprint density at radius 1 is 1.14 bits per heavy atom. The van der Waals surface area contributed by atoms with Crippen LogP contribution >= 0.6 is 0 Å². The number of carbonyl (C=O) groups excluding carboxylic acids is 1. The lowest BCUT2D eigenvalue weighted by Gasteiger charge is -2.11. The summed E-state index contributed by atoms with van der Waals surface area (Å²) in [7, 11) is 0. The van der Waals surface area contributed by atoms with Crippen molar-refractivity contribution in [2.24, 2.45) is 0 Å². The number of carbonyl (C=O) groups is 1. The summed E-state index contributed by atoms with van der Waals surface area (Å²) in [4.78, 5) is 11.9. The predicted octanol–water partition coefficient (Wildman–Crippen LogP) is 3.68. The molecule has 0 saturated heterocycles. The summed E-state index contributed by atoms with van der Waals surface area (Å²) in [6, 6.07) is 13.4. The van der Waals surface area contributed by atoms with E-state index in [1.165, 1.54) is 0 Å². The second-order valence-corrected chi connectivity index (χ2v) is 5.29. The van der Waals surface area contributed by atoms with Gasteiger partial charge in [0.05, 0.1) is 6.61 Å². The fourth-order valence-electron chi connectivity index (χ4n) is 2.13. The van der Waals surface area contributed by atoms with Crippen molar-refractivity contribution < 1.29 is 9.53 Å². The minimum absolute atomic E-state index is 0.0258. The van der Waals surface area contributed by atoms with Crippen molar-refractivity contribution in [3.05, 3.63) is 53.6 Å². The minimum atomic E-state index is -0.0258. The Bertz CT molecular complexity index is 653. The van der Waals surface area contributed by atoms with Crippen molar-refractivity contribution >= 4 is 17.3 Å². The average molecular weight is 298 g/mol. The highest BCUT2D eigenvalue weighted by Crippen LogP contribution is 2.21. The monoisotopic (exact) mass is 298 g/mol. The molecule has 0 unspecified atom stereocenters. The maximum Gasteiger partial charge on any atom is 0.224 e. The SMILES string of the molecule is Cc1ccccc1OCCCC(=O)Nc1cccc(N)c1C. The van der Waals surface area contributed by atoms with Crippen LogP contribution in [0.25, 0.3) is 0 Å². The van der Waals surface area contributed by atoms with Crippen molar-refractivity contribution in [2.45, 2.75) is 26.7 Å². The Labute approximate surface area is 131 Å². The van der Waals surface area contributed by atoms with Crippen LogP contribution in [0.2, 0.25) is 0 Å². The van der Waals surface area contributed by atoms with Crippen LogP contribution in [0.15, 0.2) is 42.5 Å². The largest absolute Gasteiger partial charge is 0.493 e. The molecular weight excluding hydrogens is 276 g/mol. The highest BCUT2D eigenvalue weighted by atomic mass is 16.5. The third kappa shape index (κ3) is 4.25. The average Bonchev–Trinajstić information content (AvgIpc) is 2.50. The number of para-hydroxylation sites is 1. The summed E-state index contributed by atoms with van der Waals surface area (Å²) in [5, 5.41) is 2.89. The van der Waals surface area contributed by atoms with E-state index in [2.05, 4.69) is 5.32 Å². The van der Waals surface area contributed by atoms with Gasteiger partial charge in [-0.15, -0.1) is 0 Å². The molecule has 116 valence electrons. The highest BCUT2D eigenvalue weighted by molar-refractivity contribution is 5.92. The topological polar surface area (TPSA) is 64.3 Å². The molecule has 1 amide bonds. The van der Waals surface area contributed by atoms with Crippen LogP contribution in [-0.4, -0.2) is 12.5 Å². The number of hydrogen-bond donors (Lipinski definition) is 2. The molecule has 0 bridgehead atoms. The van der Waals surface area contributed by atoms with E-state index in [0.29, 0.717) is 25.1 Å². The molecule has 0 fully saturated rings. The molecule has 2 rings (SSSR count). The molecule has 0 spiro atoms. The number of amides is 1. The lowest BCUT2D eigenvalue weighted by molar-refractivity contribution is -0.116. The summed E-state index contributed by atoms with van der Waals surface area (Å²) >= 11 is 0. The molecule has 4 heteroatoms. The summed E-state index contributed by atoms with van der Waals surface area (Å²) in [6.45, 7) is 4.42. The molecule has 0 radical (unpaired) electrons. The van der Waals surface area contributed by atoms with Crippen molar-refractivity contribution in [3.63, 3.8) is 0 Å². The van der Waals surface area contributed by atoms with Gasteiger partial charge < -0.3 is 15.8 Å². The zero-order valence-corrected chi connectivity index (χ0v) is 13.1. The lowest BCUT2D eigenvalue weighted by Crippen LogP contribution is -2.14. The van der Waals surface area contributed by atoms with Crippen LogP contribution in [0, 0.1) is 13.8 Å². The fraction of sp³-hybridized carbons (Fsp3) is 0.278. The first kappa shape index (κ1) is 15.9. The van der Waals surface area contributed by atoms with E-state index in [0.717, 1.165) is 22.6 Å². The Morgan fingerprint density at radius 2 is 1.91 bits per heavy atom. The van der Waals surface area contributed by atoms with E-state index in [9.17, 15) is 4.79 Å². The van der Waals surface area contributed by atoms with Crippen LogP contribution in [-0.2, 0) is 4.79 Å². The van der Waals surface area contributed by atoms with E-state index in [1.54, 1.807) is 0 Å². The van der Waals surface area contributed by atoms with E-state index < -0.39 is 0 Å². The molecule has 2 aromatic rings. The Morgan fingerprint density at radius 3 is 2.68 bits per heavy atom. The summed E-state index contributed by atoms with van der Waals surface area (Å²) in [5.74, 6) is 0.844. The fourth-order valence-corrected chi connectivity index (χ4v) is 2.13. The van der Waals surface area contributed by atoms with Gasteiger partial charge in [0.25, 0.3) is 0 Å². The summed E-state index contributed by atoms with van der Waals surface area (Å²) in [5.41, 5.74) is 9.27. The maximum atomic E-state index is 11.9. The highest BCUT2D eigenvalue weighted by Gasteiger charge is 2.06. The number of rotatable bonds is 6. The molecule has 22 heavy (non-hydrogen) atoms. The van der Waals surface area contributed by atoms with Gasteiger partial charge in [-0.3, -0.25) is 4.79 Å². The van der Waals surface area contributed by atoms with Crippen molar-refractivity contribution in [1.82, 2.24) is 0 Å². The maximum absolute atomic E-state index is 11.9.